The van der Waals surface area contributed by atoms with E-state index < -0.39 is 0 Å². The van der Waals surface area contributed by atoms with Gasteiger partial charge in [-0.2, -0.15) is 0 Å². The van der Waals surface area contributed by atoms with E-state index in [1.54, 1.807) is 6.07 Å². The number of carbonyl (C=O) groups is 2. The highest BCUT2D eigenvalue weighted by Crippen LogP contribution is 2.42. The molecule has 2 fully saturated rings. The largest absolute Gasteiger partial charge is 0.397 e. The maximum Gasteiger partial charge on any atom is 0.238 e. The molecular weight excluding hydrogens is 298 g/mol. The van der Waals surface area contributed by atoms with E-state index in [9.17, 15) is 9.59 Å². The molecule has 0 bridgehead atoms. The Morgan fingerprint density at radius 2 is 1.89 bits per heavy atom. The number of fused-ring (bicyclic) bond motifs is 1. The van der Waals surface area contributed by atoms with Crippen LogP contribution in [0.15, 0.2) is 16.7 Å². The van der Waals surface area contributed by atoms with Crippen LogP contribution in [0.4, 0.5) is 11.5 Å². The fourth-order valence-corrected chi connectivity index (χ4v) is 3.35. The van der Waals surface area contributed by atoms with E-state index in [1.807, 2.05) is 0 Å². The van der Waals surface area contributed by atoms with Gasteiger partial charge in [-0.05, 0) is 34.8 Å². The first-order chi connectivity index (χ1) is 8.59. The van der Waals surface area contributed by atoms with Crippen LogP contribution in [0.1, 0.15) is 19.3 Å². The van der Waals surface area contributed by atoms with Crippen molar-refractivity contribution in [3.05, 3.63) is 16.7 Å². The van der Waals surface area contributed by atoms with Crippen LogP contribution in [-0.2, 0) is 9.59 Å². The van der Waals surface area contributed by atoms with E-state index in [4.69, 9.17) is 5.73 Å². The van der Waals surface area contributed by atoms with E-state index in [0.717, 1.165) is 19.3 Å². The summed E-state index contributed by atoms with van der Waals surface area (Å²) in [7, 11) is 0. The number of halogens is 1. The predicted octanol–water partition coefficient (Wildman–Crippen LogP) is 1.72. The lowest BCUT2D eigenvalue weighted by atomic mass is 10.00. The van der Waals surface area contributed by atoms with Gasteiger partial charge < -0.3 is 5.73 Å². The van der Waals surface area contributed by atoms with E-state index in [1.165, 1.54) is 11.1 Å². The van der Waals surface area contributed by atoms with Crippen molar-refractivity contribution in [3.8, 4) is 0 Å². The summed E-state index contributed by atoms with van der Waals surface area (Å²) in [5.41, 5.74) is 6.10. The third-order valence-corrected chi connectivity index (χ3v) is 4.23. The summed E-state index contributed by atoms with van der Waals surface area (Å²) in [6.07, 6.45) is 4.02. The Labute approximate surface area is 112 Å². The number of imide groups is 1. The van der Waals surface area contributed by atoms with Crippen molar-refractivity contribution in [2.75, 3.05) is 10.6 Å². The Balaban J connectivity index is 2.02. The third-order valence-electron chi connectivity index (χ3n) is 3.65. The Morgan fingerprint density at radius 1 is 1.28 bits per heavy atom. The van der Waals surface area contributed by atoms with Crippen LogP contribution in [-0.4, -0.2) is 16.8 Å². The molecule has 18 heavy (non-hydrogen) atoms. The van der Waals surface area contributed by atoms with E-state index in [-0.39, 0.29) is 23.7 Å². The van der Waals surface area contributed by atoms with Gasteiger partial charge in [0.15, 0.2) is 5.82 Å². The first-order valence-electron chi connectivity index (χ1n) is 5.88. The number of nitrogens with zero attached hydrogens (tertiary/aromatic N) is 2. The van der Waals surface area contributed by atoms with E-state index >= 15 is 0 Å². The number of pyridine rings is 1. The summed E-state index contributed by atoms with van der Waals surface area (Å²) in [4.78, 5) is 29.8. The fourth-order valence-electron chi connectivity index (χ4n) is 2.81. The van der Waals surface area contributed by atoms with Crippen LogP contribution >= 0.6 is 15.9 Å². The van der Waals surface area contributed by atoms with Gasteiger partial charge in [0.2, 0.25) is 11.8 Å². The average Bonchev–Trinajstić information content (AvgIpc) is 2.87. The molecule has 1 aliphatic carbocycles. The quantitative estimate of drug-likeness (QED) is 0.801. The number of rotatable bonds is 1. The molecular formula is C12H12BrN3O2. The lowest BCUT2D eigenvalue weighted by molar-refractivity contribution is -0.122. The standard InChI is InChI=1S/C12H12BrN3O2/c13-9-4-6(14)5-15-10(9)16-11(17)7-2-1-3-8(7)12(16)18/h4-5,7-8H,1-3,14H2. The lowest BCUT2D eigenvalue weighted by Crippen LogP contribution is -2.32. The monoisotopic (exact) mass is 309 g/mol. The summed E-state index contributed by atoms with van der Waals surface area (Å²) in [5.74, 6) is -0.193. The molecule has 0 aromatic carbocycles. The zero-order valence-corrected chi connectivity index (χ0v) is 11.2. The Bertz CT molecular complexity index is 524. The van der Waals surface area contributed by atoms with E-state index in [2.05, 4.69) is 20.9 Å². The van der Waals surface area contributed by atoms with Gasteiger partial charge in [-0.15, -0.1) is 0 Å². The first kappa shape index (κ1) is 11.6. The van der Waals surface area contributed by atoms with Crippen molar-refractivity contribution in [3.63, 3.8) is 0 Å². The molecule has 5 nitrogen and oxygen atoms in total. The van der Waals surface area contributed by atoms with Crippen molar-refractivity contribution in [1.82, 2.24) is 4.98 Å². The van der Waals surface area contributed by atoms with Gasteiger partial charge in [-0.1, -0.05) is 6.42 Å². The summed E-state index contributed by atoms with van der Waals surface area (Å²) >= 11 is 3.30. The zero-order chi connectivity index (χ0) is 12.9. The van der Waals surface area contributed by atoms with Crippen LogP contribution in [0.2, 0.25) is 0 Å². The molecule has 6 heteroatoms. The second-order valence-electron chi connectivity index (χ2n) is 4.73. The van der Waals surface area contributed by atoms with Crippen LogP contribution in [0.5, 0.6) is 0 Å². The molecule has 2 heterocycles. The Kier molecular flexibility index (Phi) is 2.62. The molecule has 94 valence electrons. The zero-order valence-electron chi connectivity index (χ0n) is 9.60. The number of hydrogen-bond acceptors (Lipinski definition) is 4. The molecule has 1 aromatic rings. The second kappa shape index (κ2) is 4.05. The van der Waals surface area contributed by atoms with Crippen LogP contribution in [0.3, 0.4) is 0 Å². The predicted molar refractivity (Wildman–Crippen MR) is 69.7 cm³/mol. The number of carbonyl (C=O) groups excluding carboxylic acids is 2. The molecule has 2 amide bonds. The molecule has 0 spiro atoms. The van der Waals surface area contributed by atoms with E-state index in [0.29, 0.717) is 16.0 Å². The molecule has 1 saturated heterocycles. The summed E-state index contributed by atoms with van der Waals surface area (Å²) < 4.78 is 0.573. The van der Waals surface area contributed by atoms with Gasteiger partial charge in [-0.3, -0.25) is 9.59 Å². The SMILES string of the molecule is Nc1cnc(N2C(=O)C3CCCC3C2=O)c(Br)c1. The van der Waals surface area contributed by atoms with Crippen LogP contribution in [0.25, 0.3) is 0 Å². The number of nitrogen functional groups attached to an aromatic ring is 1. The Hall–Kier alpha value is -1.43. The summed E-state index contributed by atoms with van der Waals surface area (Å²) in [5, 5.41) is 0. The van der Waals surface area contributed by atoms with Crippen molar-refractivity contribution >= 4 is 39.2 Å². The van der Waals surface area contributed by atoms with Gasteiger partial charge in [0, 0.05) is 0 Å². The topological polar surface area (TPSA) is 76.3 Å². The minimum Gasteiger partial charge on any atom is -0.397 e. The van der Waals surface area contributed by atoms with Crippen LogP contribution < -0.4 is 10.6 Å². The number of hydrogen-bond donors (Lipinski definition) is 1. The van der Waals surface area contributed by atoms with Crippen molar-refractivity contribution in [1.29, 1.82) is 0 Å². The molecule has 1 aromatic heterocycles. The average molecular weight is 310 g/mol. The molecule has 2 N–H and O–H groups in total. The normalized spacial score (nSPS) is 26.8. The Morgan fingerprint density at radius 3 is 2.44 bits per heavy atom. The molecule has 0 radical (unpaired) electrons. The maximum atomic E-state index is 12.2. The van der Waals surface area contributed by atoms with Gasteiger partial charge in [0.05, 0.1) is 28.2 Å². The van der Waals surface area contributed by atoms with Crippen LogP contribution in [0, 0.1) is 11.8 Å². The van der Waals surface area contributed by atoms with Crippen molar-refractivity contribution in [2.24, 2.45) is 11.8 Å². The highest BCUT2D eigenvalue weighted by atomic mass is 79.9. The summed E-state index contributed by atoms with van der Waals surface area (Å²) in [6.45, 7) is 0. The van der Waals surface area contributed by atoms with Gasteiger partial charge in [-0.25, -0.2) is 9.88 Å². The van der Waals surface area contributed by atoms with Gasteiger partial charge in [0.1, 0.15) is 0 Å². The number of aromatic nitrogens is 1. The smallest absolute Gasteiger partial charge is 0.238 e. The van der Waals surface area contributed by atoms with Crippen molar-refractivity contribution < 1.29 is 9.59 Å². The first-order valence-corrected chi connectivity index (χ1v) is 6.67. The molecule has 2 unspecified atom stereocenters. The van der Waals surface area contributed by atoms with Gasteiger partial charge in [0.25, 0.3) is 0 Å². The minimum absolute atomic E-state index is 0.125. The molecule has 1 aliphatic heterocycles. The third kappa shape index (κ3) is 1.55. The summed E-state index contributed by atoms with van der Waals surface area (Å²) in [6, 6.07) is 1.65. The number of anilines is 2. The minimum atomic E-state index is -0.149. The molecule has 1 saturated carbocycles. The lowest BCUT2D eigenvalue weighted by Gasteiger charge is -2.16. The second-order valence-corrected chi connectivity index (χ2v) is 5.58. The van der Waals surface area contributed by atoms with Crippen molar-refractivity contribution in [2.45, 2.75) is 19.3 Å². The molecule has 2 atom stereocenters. The highest BCUT2D eigenvalue weighted by Gasteiger charge is 2.51. The molecule has 2 aliphatic rings. The van der Waals surface area contributed by atoms with Gasteiger partial charge >= 0.3 is 0 Å². The fraction of sp³-hybridized carbons (Fsp3) is 0.417. The maximum absolute atomic E-state index is 12.2. The highest BCUT2D eigenvalue weighted by molar-refractivity contribution is 9.10. The number of amides is 2. The number of nitrogens with two attached hydrogens (primary N) is 1. The molecule has 3 rings (SSSR count).